The number of hydroxylamine groups is 1. The smallest absolute Gasteiger partial charge is 0.382 e. The molecule has 0 aliphatic heterocycles. The van der Waals surface area contributed by atoms with Gasteiger partial charge in [0, 0.05) is 33.9 Å². The van der Waals surface area contributed by atoms with E-state index in [1.165, 1.54) is 12.1 Å². The number of carbonyl (C=O) groups excluding carboxylic acids is 2. The van der Waals surface area contributed by atoms with Crippen LogP contribution in [0.2, 0.25) is 0 Å². The Morgan fingerprint density at radius 3 is 1.95 bits per heavy atom. The Balaban J connectivity index is 2.23. The largest absolute Gasteiger partial charge is 0.435 e. The molecule has 2 rings (SSSR count). The predicted octanol–water partition coefficient (Wildman–Crippen LogP) is 7.71. The van der Waals surface area contributed by atoms with E-state index in [4.69, 9.17) is 4.84 Å². The second kappa shape index (κ2) is 12.1. The van der Waals surface area contributed by atoms with Crippen LogP contribution in [0.5, 0.6) is 0 Å². The van der Waals surface area contributed by atoms with Gasteiger partial charge in [0.05, 0.1) is 16.9 Å². The lowest BCUT2D eigenvalue weighted by atomic mass is 9.92. The van der Waals surface area contributed by atoms with Crippen LogP contribution < -0.4 is 10.8 Å². The molecule has 0 saturated heterocycles. The number of alkyl halides is 7. The zero-order chi connectivity index (χ0) is 30.0. The minimum atomic E-state index is -6.32. The zero-order valence-corrected chi connectivity index (χ0v) is 23.7. The van der Waals surface area contributed by atoms with Crippen LogP contribution in [0, 0.1) is 5.82 Å². The second-order valence-corrected chi connectivity index (χ2v) is 11.0. The molecular weight excluding hydrogens is 676 g/mol. The highest BCUT2D eigenvalue weighted by Gasteiger charge is 2.73. The molecule has 0 aliphatic carbocycles. The molecule has 0 atom stereocenters. The van der Waals surface area contributed by atoms with E-state index < -0.39 is 67.6 Å². The van der Waals surface area contributed by atoms with Gasteiger partial charge in [-0.25, -0.2) is 14.3 Å². The van der Waals surface area contributed by atoms with Gasteiger partial charge < -0.3 is 5.32 Å². The summed E-state index contributed by atoms with van der Waals surface area (Å²) in [6, 6.07) is 4.31. The van der Waals surface area contributed by atoms with Gasteiger partial charge in [-0.3, -0.25) is 14.4 Å². The molecule has 0 aliphatic rings. The third-order valence-corrected chi connectivity index (χ3v) is 6.51. The van der Waals surface area contributed by atoms with Crippen molar-refractivity contribution in [1.29, 1.82) is 0 Å². The van der Waals surface area contributed by atoms with Gasteiger partial charge in [0.2, 0.25) is 5.91 Å². The molecule has 0 unspecified atom stereocenters. The maximum atomic E-state index is 15.0. The highest BCUT2D eigenvalue weighted by Crippen LogP contribution is 2.54. The highest BCUT2D eigenvalue weighted by atomic mass is 79.9. The van der Waals surface area contributed by atoms with Crippen LogP contribution in [0.15, 0.2) is 39.3 Å². The lowest BCUT2D eigenvalue weighted by Crippen LogP contribution is -2.50. The Kier molecular flexibility index (Phi) is 10.2. The fraction of sp³-hybridized carbons (Fsp3) is 0.417. The number of hydrogen-bond donors (Lipinski definition) is 2. The number of ketones is 1. The van der Waals surface area contributed by atoms with Crippen molar-refractivity contribution in [3.8, 4) is 0 Å². The summed E-state index contributed by atoms with van der Waals surface area (Å²) in [4.78, 5) is 29.8. The molecule has 0 bridgehead atoms. The highest BCUT2D eigenvalue weighted by molar-refractivity contribution is 9.11. The number of amides is 1. The molecule has 0 saturated carbocycles. The molecule has 2 aromatic rings. The molecule has 1 amide bonds. The lowest BCUT2D eigenvalue weighted by Gasteiger charge is -2.31. The maximum Gasteiger partial charge on any atom is 0.435 e. The van der Waals surface area contributed by atoms with Crippen molar-refractivity contribution in [2.75, 3.05) is 11.9 Å². The van der Waals surface area contributed by atoms with Crippen molar-refractivity contribution < 1.29 is 49.5 Å². The molecule has 0 aromatic heterocycles. The fourth-order valence-corrected chi connectivity index (χ4v) is 4.64. The van der Waals surface area contributed by atoms with Crippen molar-refractivity contribution in [3.05, 3.63) is 61.8 Å². The van der Waals surface area contributed by atoms with Crippen molar-refractivity contribution >= 4 is 49.2 Å². The van der Waals surface area contributed by atoms with Crippen LogP contribution in [-0.2, 0) is 21.7 Å². The Morgan fingerprint density at radius 1 is 0.923 bits per heavy atom. The average Bonchev–Trinajstić information content (AvgIpc) is 2.78. The number of benzene rings is 2. The molecule has 216 valence electrons. The van der Waals surface area contributed by atoms with Crippen LogP contribution in [0.3, 0.4) is 0 Å². The summed E-state index contributed by atoms with van der Waals surface area (Å²) in [6.07, 6.45) is -13.4. The average molecular weight is 698 g/mol. The number of rotatable bonds is 9. The van der Waals surface area contributed by atoms with Crippen LogP contribution >= 0.6 is 31.9 Å². The first kappa shape index (κ1) is 32.9. The van der Waals surface area contributed by atoms with E-state index in [2.05, 4.69) is 42.7 Å². The monoisotopic (exact) mass is 696 g/mol. The summed E-state index contributed by atoms with van der Waals surface area (Å²) in [5, 5.41) is 2.66. The lowest BCUT2D eigenvalue weighted by molar-refractivity contribution is -0.348. The first-order valence-corrected chi connectivity index (χ1v) is 12.6. The minimum absolute atomic E-state index is 0.0319. The standard InChI is InChI=1S/C24H22Br2F8N2O3/c1-21(2,3)39-36-19(38)7-8-35-17-6-4-5-13(20(17)27)18(37)11-14-15(25)9-12(10-16(14)26)22(28,23(29,30)31)24(32,33)34/h4-6,9-10,35H,7-8,11H2,1-3H3,(H,36,38). The van der Waals surface area contributed by atoms with Gasteiger partial charge >= 0.3 is 18.0 Å². The Hall–Kier alpha value is -2.26. The Morgan fingerprint density at radius 2 is 1.46 bits per heavy atom. The van der Waals surface area contributed by atoms with E-state index in [9.17, 15) is 40.3 Å². The number of carbonyl (C=O) groups is 2. The quantitative estimate of drug-likeness (QED) is 0.160. The number of hydrogen-bond acceptors (Lipinski definition) is 4. The topological polar surface area (TPSA) is 67.4 Å². The van der Waals surface area contributed by atoms with Crippen molar-refractivity contribution in [2.45, 2.75) is 57.2 Å². The number of Topliss-reactive ketones (excluding diaryl/α,β-unsaturated/α-hetero) is 1. The molecule has 39 heavy (non-hydrogen) atoms. The van der Waals surface area contributed by atoms with Crippen LogP contribution in [0.25, 0.3) is 0 Å². The molecule has 2 N–H and O–H groups in total. The zero-order valence-electron chi connectivity index (χ0n) is 20.5. The summed E-state index contributed by atoms with van der Waals surface area (Å²) in [7, 11) is 0. The minimum Gasteiger partial charge on any atom is -0.382 e. The Labute approximate surface area is 234 Å². The van der Waals surface area contributed by atoms with E-state index in [1.807, 2.05) is 0 Å². The number of nitrogens with one attached hydrogen (secondary N) is 2. The molecule has 0 radical (unpaired) electrons. The van der Waals surface area contributed by atoms with Gasteiger partial charge in [0.15, 0.2) is 11.6 Å². The summed E-state index contributed by atoms with van der Waals surface area (Å²) in [5.74, 6) is -2.36. The van der Waals surface area contributed by atoms with Crippen molar-refractivity contribution in [1.82, 2.24) is 5.48 Å². The maximum absolute atomic E-state index is 15.0. The van der Waals surface area contributed by atoms with Gasteiger partial charge in [-0.15, -0.1) is 0 Å². The number of anilines is 1. The summed E-state index contributed by atoms with van der Waals surface area (Å²) in [6.45, 7) is 5.12. The van der Waals surface area contributed by atoms with Crippen molar-refractivity contribution in [3.63, 3.8) is 0 Å². The van der Waals surface area contributed by atoms with E-state index in [-0.39, 0.29) is 36.3 Å². The van der Waals surface area contributed by atoms with E-state index in [0.29, 0.717) is 0 Å². The van der Waals surface area contributed by atoms with E-state index in [1.54, 1.807) is 20.8 Å². The van der Waals surface area contributed by atoms with Gasteiger partial charge in [-0.05, 0) is 50.6 Å². The first-order valence-electron chi connectivity index (χ1n) is 11.0. The summed E-state index contributed by atoms with van der Waals surface area (Å²) >= 11 is 5.59. The first-order chi connectivity index (χ1) is 17.7. The predicted molar refractivity (Wildman–Crippen MR) is 133 cm³/mol. The van der Waals surface area contributed by atoms with Crippen LogP contribution in [0.4, 0.5) is 40.8 Å². The van der Waals surface area contributed by atoms with Gasteiger partial charge in [-0.2, -0.15) is 26.3 Å². The molecule has 5 nitrogen and oxygen atoms in total. The fourth-order valence-electron chi connectivity index (χ4n) is 3.17. The van der Waals surface area contributed by atoms with Crippen molar-refractivity contribution in [2.24, 2.45) is 0 Å². The summed E-state index contributed by atoms with van der Waals surface area (Å²) < 4.78 is 107. The molecule has 0 fully saturated rings. The Bertz CT molecular complexity index is 1190. The molecule has 0 spiro atoms. The molecule has 0 heterocycles. The second-order valence-electron chi connectivity index (χ2n) is 9.26. The number of halogens is 10. The van der Waals surface area contributed by atoms with Gasteiger partial charge in [-0.1, -0.05) is 37.9 Å². The third kappa shape index (κ3) is 7.91. The third-order valence-electron chi connectivity index (χ3n) is 5.10. The molecule has 15 heteroatoms. The van der Waals surface area contributed by atoms with Gasteiger partial charge in [0.1, 0.15) is 0 Å². The van der Waals surface area contributed by atoms with Gasteiger partial charge in [0.25, 0.3) is 0 Å². The van der Waals surface area contributed by atoms with Crippen LogP contribution in [-0.4, -0.2) is 36.2 Å². The molecular formula is C24H22Br2F8N2O3. The van der Waals surface area contributed by atoms with E-state index in [0.717, 1.165) is 6.07 Å². The SMILES string of the molecule is CC(C)(C)ONC(=O)CCNc1cccc(C(=O)Cc2c(Br)cc(C(F)(C(F)(F)F)C(F)(F)F)cc2Br)c1F. The molecule has 2 aromatic carbocycles. The summed E-state index contributed by atoms with van der Waals surface area (Å²) in [5.41, 5.74) is -6.52. The van der Waals surface area contributed by atoms with Crippen LogP contribution in [0.1, 0.15) is 48.7 Å². The normalized spacial score (nSPS) is 12.8. The van der Waals surface area contributed by atoms with E-state index >= 15 is 4.39 Å².